The number of halogens is 2. The Labute approximate surface area is 124 Å². The molecule has 0 radical (unpaired) electrons. The number of pyridine rings is 1. The number of nitrogens with two attached hydrogens (primary N) is 1. The first kappa shape index (κ1) is 16.1. The summed E-state index contributed by atoms with van der Waals surface area (Å²) in [5, 5.41) is 0. The van der Waals surface area contributed by atoms with E-state index in [2.05, 4.69) is 16.8 Å². The Morgan fingerprint density at radius 3 is 2.76 bits per heavy atom. The van der Waals surface area contributed by atoms with E-state index in [1.807, 2.05) is 4.90 Å². The maximum absolute atomic E-state index is 13.8. The first-order valence-electron chi connectivity index (χ1n) is 7.65. The number of hydrogen-bond acceptors (Lipinski definition) is 4. The van der Waals surface area contributed by atoms with Gasteiger partial charge in [-0.3, -0.25) is 4.90 Å². The molecule has 6 heteroatoms. The largest absolute Gasteiger partial charge is 0.353 e. The lowest BCUT2D eigenvalue weighted by Crippen LogP contribution is -2.39. The summed E-state index contributed by atoms with van der Waals surface area (Å²) >= 11 is 0. The van der Waals surface area contributed by atoms with E-state index in [0.29, 0.717) is 19.1 Å². The van der Waals surface area contributed by atoms with Crippen LogP contribution in [0, 0.1) is 11.6 Å². The number of rotatable bonds is 5. The van der Waals surface area contributed by atoms with Crippen molar-refractivity contribution in [1.82, 2.24) is 9.88 Å². The third-order valence-electron chi connectivity index (χ3n) is 4.11. The van der Waals surface area contributed by atoms with Crippen LogP contribution in [0.3, 0.4) is 0 Å². The van der Waals surface area contributed by atoms with Gasteiger partial charge in [-0.15, -0.1) is 0 Å². The predicted molar refractivity (Wildman–Crippen MR) is 80.3 cm³/mol. The van der Waals surface area contributed by atoms with Crippen LogP contribution in [-0.4, -0.2) is 48.6 Å². The smallest absolute Gasteiger partial charge is 0.168 e. The van der Waals surface area contributed by atoms with Gasteiger partial charge in [0, 0.05) is 38.3 Å². The second kappa shape index (κ2) is 7.66. The van der Waals surface area contributed by atoms with E-state index < -0.39 is 11.6 Å². The van der Waals surface area contributed by atoms with Crippen molar-refractivity contribution in [1.29, 1.82) is 0 Å². The van der Waals surface area contributed by atoms with Crippen LogP contribution in [0.2, 0.25) is 0 Å². The molecule has 2 rings (SSSR count). The van der Waals surface area contributed by atoms with E-state index >= 15 is 0 Å². The molecule has 21 heavy (non-hydrogen) atoms. The molecule has 2 N–H and O–H groups in total. The molecule has 1 unspecified atom stereocenters. The Hall–Kier alpha value is -1.27. The van der Waals surface area contributed by atoms with E-state index in [1.165, 1.54) is 0 Å². The van der Waals surface area contributed by atoms with E-state index in [4.69, 9.17) is 5.73 Å². The van der Waals surface area contributed by atoms with Gasteiger partial charge in [-0.1, -0.05) is 6.92 Å². The third kappa shape index (κ3) is 4.11. The maximum atomic E-state index is 13.8. The van der Waals surface area contributed by atoms with Gasteiger partial charge in [-0.2, -0.15) is 0 Å². The monoisotopic (exact) mass is 298 g/mol. The lowest BCUT2D eigenvalue weighted by molar-refractivity contribution is 0.196. The Balaban J connectivity index is 2.03. The van der Waals surface area contributed by atoms with Crippen molar-refractivity contribution in [3.05, 3.63) is 23.9 Å². The molecule has 0 aromatic carbocycles. The fourth-order valence-electron chi connectivity index (χ4n) is 2.99. The summed E-state index contributed by atoms with van der Waals surface area (Å²) in [5.41, 5.74) is 5.67. The molecule has 0 spiro atoms. The second-order valence-corrected chi connectivity index (χ2v) is 5.47. The van der Waals surface area contributed by atoms with Gasteiger partial charge < -0.3 is 10.6 Å². The minimum absolute atomic E-state index is 0.255. The highest BCUT2D eigenvalue weighted by atomic mass is 19.1. The molecule has 118 valence electrons. The van der Waals surface area contributed by atoms with Gasteiger partial charge in [0.1, 0.15) is 5.82 Å². The summed E-state index contributed by atoms with van der Waals surface area (Å²) in [4.78, 5) is 8.24. The van der Waals surface area contributed by atoms with Crippen molar-refractivity contribution in [3.8, 4) is 0 Å². The zero-order valence-corrected chi connectivity index (χ0v) is 12.6. The summed E-state index contributed by atoms with van der Waals surface area (Å²) < 4.78 is 26.8. The first-order chi connectivity index (χ1) is 10.2. The second-order valence-electron chi connectivity index (χ2n) is 5.47. The van der Waals surface area contributed by atoms with Crippen LogP contribution >= 0.6 is 0 Å². The van der Waals surface area contributed by atoms with Gasteiger partial charge in [0.25, 0.3) is 0 Å². The molecule has 2 heterocycles. The standard InChI is InChI=1S/C15H24F2N4/c1-2-13(4-5-18)20-6-3-7-21(9-8-20)15-14(17)10-12(16)11-19-15/h10-11,13H,2-9,18H2,1H3. The first-order valence-corrected chi connectivity index (χ1v) is 7.65. The molecular formula is C15H24F2N4. The molecule has 0 saturated carbocycles. The maximum Gasteiger partial charge on any atom is 0.168 e. The molecule has 0 aliphatic carbocycles. The average Bonchev–Trinajstić information content (AvgIpc) is 2.70. The van der Waals surface area contributed by atoms with Crippen molar-refractivity contribution in [2.24, 2.45) is 5.73 Å². The van der Waals surface area contributed by atoms with Crippen LogP contribution in [0.5, 0.6) is 0 Å². The molecule has 1 aliphatic heterocycles. The van der Waals surface area contributed by atoms with Crippen LogP contribution in [0.25, 0.3) is 0 Å². The molecule has 1 atom stereocenters. The molecule has 0 bridgehead atoms. The van der Waals surface area contributed by atoms with Crippen molar-refractivity contribution < 1.29 is 8.78 Å². The zero-order valence-electron chi connectivity index (χ0n) is 12.6. The average molecular weight is 298 g/mol. The molecule has 1 aromatic heterocycles. The normalized spacial score (nSPS) is 18.6. The molecule has 1 saturated heterocycles. The van der Waals surface area contributed by atoms with Crippen LogP contribution in [0.4, 0.5) is 14.6 Å². The Kier molecular flexibility index (Phi) is 5.87. The molecule has 1 aromatic rings. The zero-order chi connectivity index (χ0) is 15.2. The minimum atomic E-state index is -0.637. The van der Waals surface area contributed by atoms with Crippen LogP contribution in [0.15, 0.2) is 12.3 Å². The lowest BCUT2D eigenvalue weighted by Gasteiger charge is -2.29. The van der Waals surface area contributed by atoms with Gasteiger partial charge >= 0.3 is 0 Å². The van der Waals surface area contributed by atoms with Gasteiger partial charge in [0.05, 0.1) is 6.20 Å². The van der Waals surface area contributed by atoms with E-state index in [-0.39, 0.29) is 5.82 Å². The van der Waals surface area contributed by atoms with Gasteiger partial charge in [0.15, 0.2) is 11.6 Å². The quantitative estimate of drug-likeness (QED) is 0.903. The number of aromatic nitrogens is 1. The van der Waals surface area contributed by atoms with E-state index in [9.17, 15) is 8.78 Å². The molecular weight excluding hydrogens is 274 g/mol. The van der Waals surface area contributed by atoms with Crippen molar-refractivity contribution in [2.45, 2.75) is 32.2 Å². The van der Waals surface area contributed by atoms with E-state index in [1.54, 1.807) is 0 Å². The third-order valence-corrected chi connectivity index (χ3v) is 4.11. The Morgan fingerprint density at radius 1 is 1.29 bits per heavy atom. The van der Waals surface area contributed by atoms with Crippen molar-refractivity contribution >= 4 is 5.82 Å². The highest BCUT2D eigenvalue weighted by Gasteiger charge is 2.22. The van der Waals surface area contributed by atoms with Crippen molar-refractivity contribution in [2.75, 3.05) is 37.6 Å². The van der Waals surface area contributed by atoms with Gasteiger partial charge in [-0.25, -0.2) is 13.8 Å². The topological polar surface area (TPSA) is 45.4 Å². The van der Waals surface area contributed by atoms with E-state index in [0.717, 1.165) is 51.2 Å². The Morgan fingerprint density at radius 2 is 2.10 bits per heavy atom. The minimum Gasteiger partial charge on any atom is -0.353 e. The summed E-state index contributed by atoms with van der Waals surface area (Å²) in [6, 6.07) is 1.38. The number of nitrogens with zero attached hydrogens (tertiary/aromatic N) is 3. The van der Waals surface area contributed by atoms with Crippen molar-refractivity contribution in [3.63, 3.8) is 0 Å². The molecule has 4 nitrogen and oxygen atoms in total. The summed E-state index contributed by atoms with van der Waals surface area (Å²) in [5.74, 6) is -0.968. The number of anilines is 1. The molecule has 1 aliphatic rings. The fraction of sp³-hybridized carbons (Fsp3) is 0.667. The summed E-state index contributed by atoms with van der Waals surface area (Å²) in [6.07, 6.45) is 4.07. The van der Waals surface area contributed by atoms with Gasteiger partial charge in [0.2, 0.25) is 0 Å². The van der Waals surface area contributed by atoms with Gasteiger partial charge in [-0.05, 0) is 25.8 Å². The summed E-state index contributed by atoms with van der Waals surface area (Å²) in [6.45, 7) is 6.15. The van der Waals surface area contributed by atoms with Crippen LogP contribution < -0.4 is 10.6 Å². The molecule has 1 fully saturated rings. The highest BCUT2D eigenvalue weighted by Crippen LogP contribution is 2.20. The fourth-order valence-corrected chi connectivity index (χ4v) is 2.99. The highest BCUT2D eigenvalue weighted by molar-refractivity contribution is 5.40. The Bertz CT molecular complexity index is 455. The SMILES string of the molecule is CCC(CCN)N1CCCN(c2ncc(F)cc2F)CC1. The number of hydrogen-bond donors (Lipinski definition) is 1. The van der Waals surface area contributed by atoms with Crippen LogP contribution in [0.1, 0.15) is 26.2 Å². The summed E-state index contributed by atoms with van der Waals surface area (Å²) in [7, 11) is 0. The molecule has 0 amide bonds. The predicted octanol–water partition coefficient (Wildman–Crippen LogP) is 2.00. The van der Waals surface area contributed by atoms with Crippen LogP contribution in [-0.2, 0) is 0 Å². The lowest BCUT2D eigenvalue weighted by atomic mass is 10.1.